The molecule has 3 aliphatic heterocycles. The van der Waals surface area contributed by atoms with Crippen LogP contribution in [0.3, 0.4) is 0 Å². The minimum absolute atomic E-state index is 0.0784. The molecule has 0 unspecified atom stereocenters. The van der Waals surface area contributed by atoms with E-state index < -0.39 is 18.1 Å². The first-order valence-electron chi connectivity index (χ1n) is 9.72. The second-order valence-electron chi connectivity index (χ2n) is 7.79. The van der Waals surface area contributed by atoms with Crippen molar-refractivity contribution in [2.45, 2.75) is 37.0 Å². The van der Waals surface area contributed by atoms with Gasteiger partial charge in [-0.1, -0.05) is 0 Å². The molecule has 10 nitrogen and oxygen atoms in total. The lowest BCUT2D eigenvalue weighted by molar-refractivity contribution is -0.138. The molecule has 4 atom stereocenters. The summed E-state index contributed by atoms with van der Waals surface area (Å²) in [5.41, 5.74) is 0.497. The summed E-state index contributed by atoms with van der Waals surface area (Å²) in [4.78, 5) is 54.1. The van der Waals surface area contributed by atoms with Gasteiger partial charge in [0.2, 0.25) is 17.7 Å². The van der Waals surface area contributed by atoms with Gasteiger partial charge in [0, 0.05) is 39.5 Å². The Morgan fingerprint density at radius 3 is 2.83 bits per heavy atom. The predicted octanol–water partition coefficient (Wildman–Crippen LogP) is -1.53. The fourth-order valence-corrected chi connectivity index (χ4v) is 4.59. The number of aromatic nitrogens is 1. The normalized spacial score (nSPS) is 28.6. The lowest BCUT2D eigenvalue weighted by Crippen LogP contribution is -2.53. The topological polar surface area (TPSA) is 113 Å². The second kappa shape index (κ2) is 7.51. The van der Waals surface area contributed by atoms with Gasteiger partial charge in [0.05, 0.1) is 6.04 Å². The van der Waals surface area contributed by atoms with Gasteiger partial charge in [-0.2, -0.15) is 0 Å². The summed E-state index contributed by atoms with van der Waals surface area (Å²) in [6.07, 6.45) is 2.66. The molecule has 0 aliphatic carbocycles. The van der Waals surface area contributed by atoms with E-state index in [0.29, 0.717) is 25.1 Å². The van der Waals surface area contributed by atoms with Crippen molar-refractivity contribution < 1.29 is 23.9 Å². The number of carbonyl (C=O) groups is 4. The highest BCUT2D eigenvalue weighted by atomic mass is 16.5. The predicted molar refractivity (Wildman–Crippen MR) is 101 cm³/mol. The van der Waals surface area contributed by atoms with Gasteiger partial charge in [-0.15, -0.1) is 0 Å². The average molecular weight is 403 g/mol. The molecule has 29 heavy (non-hydrogen) atoms. The molecule has 3 fully saturated rings. The zero-order chi connectivity index (χ0) is 20.7. The maximum Gasteiger partial charge on any atom is 0.271 e. The van der Waals surface area contributed by atoms with Crippen LogP contribution in [0.4, 0.5) is 0 Å². The molecule has 0 radical (unpaired) electrons. The third-order valence-corrected chi connectivity index (χ3v) is 5.93. The van der Waals surface area contributed by atoms with Crippen molar-refractivity contribution in [1.29, 1.82) is 0 Å². The second-order valence-corrected chi connectivity index (χ2v) is 7.79. The van der Waals surface area contributed by atoms with E-state index in [1.807, 2.05) is 0 Å². The van der Waals surface area contributed by atoms with E-state index >= 15 is 0 Å². The molecule has 1 aromatic rings. The fraction of sp³-hybridized carbons (Fsp3) is 0.579. The molecule has 0 bridgehead atoms. The Labute approximate surface area is 168 Å². The van der Waals surface area contributed by atoms with Crippen LogP contribution in [0.5, 0.6) is 0 Å². The third-order valence-electron chi connectivity index (χ3n) is 5.93. The van der Waals surface area contributed by atoms with Gasteiger partial charge in [-0.3, -0.25) is 19.2 Å². The van der Waals surface area contributed by atoms with Crippen LogP contribution in [0.25, 0.3) is 0 Å². The zero-order valence-electron chi connectivity index (χ0n) is 16.5. The van der Waals surface area contributed by atoms with Crippen molar-refractivity contribution in [3.8, 4) is 0 Å². The minimum Gasteiger partial charge on any atom is -0.375 e. The van der Waals surface area contributed by atoms with Gasteiger partial charge in [0.15, 0.2) is 0 Å². The molecule has 0 spiro atoms. The highest BCUT2D eigenvalue weighted by Crippen LogP contribution is 2.30. The summed E-state index contributed by atoms with van der Waals surface area (Å²) in [6.45, 7) is 0.560. The van der Waals surface area contributed by atoms with Crippen molar-refractivity contribution in [2.75, 3.05) is 26.8 Å². The highest BCUT2D eigenvalue weighted by molar-refractivity contribution is 6.00. The van der Waals surface area contributed by atoms with E-state index in [1.165, 1.54) is 12.0 Å². The Kier molecular flexibility index (Phi) is 5.03. The summed E-state index contributed by atoms with van der Waals surface area (Å²) in [5, 5.41) is 5.75. The Bertz CT molecular complexity index is 852. The van der Waals surface area contributed by atoms with Crippen LogP contribution in [0.1, 0.15) is 23.3 Å². The monoisotopic (exact) mass is 403 g/mol. The molecule has 4 amide bonds. The maximum absolute atomic E-state index is 13.4. The molecular weight excluding hydrogens is 378 g/mol. The van der Waals surface area contributed by atoms with Crippen LogP contribution in [-0.4, -0.2) is 89.0 Å². The molecule has 2 N–H and O–H groups in total. The first-order valence-corrected chi connectivity index (χ1v) is 9.72. The van der Waals surface area contributed by atoms with Crippen LogP contribution in [0.15, 0.2) is 18.3 Å². The van der Waals surface area contributed by atoms with E-state index in [-0.39, 0.29) is 42.8 Å². The van der Waals surface area contributed by atoms with E-state index in [1.54, 1.807) is 34.8 Å². The van der Waals surface area contributed by atoms with Crippen LogP contribution < -0.4 is 10.6 Å². The molecule has 3 aliphatic rings. The molecule has 156 valence electrons. The molecule has 4 rings (SSSR count). The smallest absolute Gasteiger partial charge is 0.271 e. The molecule has 0 saturated carbocycles. The van der Waals surface area contributed by atoms with E-state index in [2.05, 4.69) is 10.6 Å². The molecule has 10 heteroatoms. The zero-order valence-corrected chi connectivity index (χ0v) is 16.5. The first kappa shape index (κ1) is 19.4. The van der Waals surface area contributed by atoms with E-state index in [9.17, 15) is 19.2 Å². The Morgan fingerprint density at radius 1 is 1.34 bits per heavy atom. The molecule has 3 saturated heterocycles. The number of aryl methyl sites for hydroxylation is 1. The van der Waals surface area contributed by atoms with Gasteiger partial charge in [0.25, 0.3) is 5.91 Å². The fourth-order valence-electron chi connectivity index (χ4n) is 4.59. The maximum atomic E-state index is 13.4. The van der Waals surface area contributed by atoms with Crippen LogP contribution in [0.2, 0.25) is 0 Å². The standard InChI is InChI=1S/C19H25N5O5/c1-22-6-3-4-13(22)18(27)23-7-5-12-16(23)19(28)24-9-11(20-15(25)10-29-2)8-14(24)17(26)21-12/h3-4,6,11-12,14,16H,5,7-10H2,1-2H3,(H,20,25)(H,21,26)/t11-,12+,14+,16-/m0/s1. The largest absolute Gasteiger partial charge is 0.375 e. The van der Waals surface area contributed by atoms with Crippen molar-refractivity contribution >= 4 is 23.6 Å². The average Bonchev–Trinajstić information content (AvgIpc) is 3.38. The first-order chi connectivity index (χ1) is 13.9. The number of hydrogen-bond donors (Lipinski definition) is 2. The van der Waals surface area contributed by atoms with E-state index in [4.69, 9.17) is 4.74 Å². The van der Waals surface area contributed by atoms with Crippen LogP contribution in [-0.2, 0) is 26.2 Å². The summed E-state index contributed by atoms with van der Waals surface area (Å²) in [6, 6.07) is 1.39. The van der Waals surface area contributed by atoms with Crippen molar-refractivity contribution in [1.82, 2.24) is 25.0 Å². The van der Waals surface area contributed by atoms with Crippen LogP contribution in [0, 0.1) is 0 Å². The van der Waals surface area contributed by atoms with Crippen molar-refractivity contribution in [2.24, 2.45) is 7.05 Å². The third kappa shape index (κ3) is 3.37. The van der Waals surface area contributed by atoms with E-state index in [0.717, 1.165) is 0 Å². The lowest BCUT2D eigenvalue weighted by Gasteiger charge is -2.29. The molecule has 0 aromatic carbocycles. The summed E-state index contributed by atoms with van der Waals surface area (Å²) in [7, 11) is 3.21. The van der Waals surface area contributed by atoms with Gasteiger partial charge in [0.1, 0.15) is 24.4 Å². The van der Waals surface area contributed by atoms with Gasteiger partial charge >= 0.3 is 0 Å². The number of likely N-dealkylation sites (tertiary alicyclic amines) is 1. The Hall–Kier alpha value is -2.88. The number of amides is 4. The molecular formula is C19H25N5O5. The number of hydrogen-bond acceptors (Lipinski definition) is 5. The van der Waals surface area contributed by atoms with Gasteiger partial charge < -0.3 is 29.7 Å². The van der Waals surface area contributed by atoms with Gasteiger partial charge in [-0.05, 0) is 25.0 Å². The molecule has 1 aromatic heterocycles. The minimum atomic E-state index is -0.736. The Balaban J connectivity index is 1.55. The SMILES string of the molecule is COCC(=O)N[C@H]1C[C@@H]2C(=O)N[C@@H]3CCN(C(=O)c4cccn4C)[C@@H]3C(=O)N2C1. The number of methoxy groups -OCH3 is 1. The quantitative estimate of drug-likeness (QED) is 0.633. The summed E-state index contributed by atoms with van der Waals surface area (Å²) in [5.74, 6) is -0.998. The number of nitrogens with one attached hydrogen (secondary N) is 2. The lowest BCUT2D eigenvalue weighted by atomic mass is 10.1. The van der Waals surface area contributed by atoms with Gasteiger partial charge in [-0.25, -0.2) is 0 Å². The summed E-state index contributed by atoms with van der Waals surface area (Å²) >= 11 is 0. The highest BCUT2D eigenvalue weighted by Gasteiger charge is 2.52. The van der Waals surface area contributed by atoms with Crippen LogP contribution >= 0.6 is 0 Å². The number of fused-ring (bicyclic) bond motifs is 2. The Morgan fingerprint density at radius 2 is 2.14 bits per heavy atom. The number of ether oxygens (including phenoxy) is 1. The molecule has 4 heterocycles. The number of rotatable bonds is 4. The van der Waals surface area contributed by atoms with Crippen molar-refractivity contribution in [3.05, 3.63) is 24.0 Å². The number of nitrogens with zero attached hydrogens (tertiary/aromatic N) is 3. The van der Waals surface area contributed by atoms with Crippen molar-refractivity contribution in [3.63, 3.8) is 0 Å². The number of carbonyl (C=O) groups excluding carboxylic acids is 4. The summed E-state index contributed by atoms with van der Waals surface area (Å²) < 4.78 is 6.54.